The second-order valence-electron chi connectivity index (χ2n) is 1.38. The highest BCUT2D eigenvalue weighted by atomic mass is 127. The first-order valence-electron chi connectivity index (χ1n) is 2.55. The molecule has 0 aliphatic carbocycles. The van der Waals surface area contributed by atoms with Gasteiger partial charge in [-0.15, -0.1) is 0 Å². The van der Waals surface area contributed by atoms with Crippen LogP contribution in [0.1, 0.15) is 12.8 Å². The zero-order chi connectivity index (χ0) is 7.11. The molecule has 0 radical (unpaired) electrons. The summed E-state index contributed by atoms with van der Waals surface area (Å²) in [5.74, 6) is 5.43. The summed E-state index contributed by atoms with van der Waals surface area (Å²) < 4.78 is 0.158. The third-order valence-electron chi connectivity index (χ3n) is 0.651. The summed E-state index contributed by atoms with van der Waals surface area (Å²) >= 11 is 1.76. The first kappa shape index (κ1) is 8.70. The highest BCUT2D eigenvalue weighted by Gasteiger charge is 1.89. The fourth-order valence-corrected chi connectivity index (χ4v) is 0.575. The van der Waals surface area contributed by atoms with E-state index in [1.807, 2.05) is 0 Å². The van der Waals surface area contributed by atoms with Gasteiger partial charge in [0.25, 0.3) is 0 Å². The molecule has 48 valence electrons. The van der Waals surface area contributed by atoms with Gasteiger partial charge in [-0.1, -0.05) is 18.4 Å². The van der Waals surface area contributed by atoms with Crippen LogP contribution in [0.15, 0.2) is 12.7 Å². The second kappa shape index (κ2) is 5.83. The van der Waals surface area contributed by atoms with Crippen LogP contribution < -0.4 is 0 Å². The van der Waals surface area contributed by atoms with Crippen molar-refractivity contribution in [3.63, 3.8) is 0 Å². The van der Waals surface area contributed by atoms with Gasteiger partial charge in [0.15, 0.2) is 3.79 Å². The van der Waals surface area contributed by atoms with E-state index in [-0.39, 0.29) is 3.79 Å². The van der Waals surface area contributed by atoms with Gasteiger partial charge < -0.3 is 0 Å². The van der Waals surface area contributed by atoms with Crippen molar-refractivity contribution in [1.29, 1.82) is 0 Å². The van der Waals surface area contributed by atoms with Crippen LogP contribution in [0.5, 0.6) is 0 Å². The maximum atomic E-state index is 10.3. The number of halogens is 1. The van der Waals surface area contributed by atoms with Gasteiger partial charge in [-0.05, 0) is 28.7 Å². The molecule has 0 amide bonds. The van der Waals surface area contributed by atoms with Crippen LogP contribution in [0.2, 0.25) is 0 Å². The highest BCUT2D eigenvalue weighted by Crippen LogP contribution is 1.95. The summed E-state index contributed by atoms with van der Waals surface area (Å²) in [6.07, 6.45) is 2.72. The molecule has 0 spiro atoms. The Morgan fingerprint density at radius 3 is 2.89 bits per heavy atom. The summed E-state index contributed by atoms with van der Waals surface area (Å²) in [6.45, 7) is 3.42. The van der Waals surface area contributed by atoms with E-state index >= 15 is 0 Å². The molecule has 0 saturated carbocycles. The van der Waals surface area contributed by atoms with Gasteiger partial charge >= 0.3 is 0 Å². The molecule has 0 bridgehead atoms. The molecule has 0 aliphatic heterocycles. The average molecular weight is 234 g/mol. The Balaban J connectivity index is 3.29. The normalized spacial score (nSPS) is 7.22. The quantitative estimate of drug-likeness (QED) is 0.405. The Labute approximate surface area is 68.7 Å². The van der Waals surface area contributed by atoms with Gasteiger partial charge in [-0.3, -0.25) is 4.79 Å². The fourth-order valence-electron chi connectivity index (χ4n) is 0.305. The van der Waals surface area contributed by atoms with Crippen molar-refractivity contribution in [3.05, 3.63) is 12.7 Å². The summed E-state index contributed by atoms with van der Waals surface area (Å²) in [5.41, 5.74) is 0. The summed E-state index contributed by atoms with van der Waals surface area (Å²) in [4.78, 5) is 10.3. The second-order valence-corrected chi connectivity index (χ2v) is 2.58. The first-order chi connectivity index (χ1) is 4.27. The van der Waals surface area contributed by atoms with E-state index in [0.29, 0.717) is 12.8 Å². The van der Waals surface area contributed by atoms with Crippen LogP contribution in [0, 0.1) is 11.8 Å². The van der Waals surface area contributed by atoms with Crippen molar-refractivity contribution in [3.8, 4) is 11.8 Å². The molecule has 9 heavy (non-hydrogen) atoms. The Bertz CT molecular complexity index is 161. The van der Waals surface area contributed by atoms with E-state index < -0.39 is 0 Å². The zero-order valence-corrected chi connectivity index (χ0v) is 7.14. The Hall–Kier alpha value is -0.300. The molecule has 0 fully saturated rings. The van der Waals surface area contributed by atoms with E-state index in [4.69, 9.17) is 0 Å². The van der Waals surface area contributed by atoms with Gasteiger partial charge in [0.2, 0.25) is 0 Å². The molecule has 1 nitrogen and oxygen atoms in total. The topological polar surface area (TPSA) is 17.1 Å². The van der Waals surface area contributed by atoms with Crippen molar-refractivity contribution in [2.45, 2.75) is 12.8 Å². The lowest BCUT2D eigenvalue weighted by atomic mass is 10.3. The van der Waals surface area contributed by atoms with Crippen LogP contribution in [0.25, 0.3) is 0 Å². The third-order valence-corrected chi connectivity index (χ3v) is 1.19. The number of hydrogen-bond donors (Lipinski definition) is 0. The lowest BCUT2D eigenvalue weighted by molar-refractivity contribution is -0.109. The largest absolute Gasteiger partial charge is 0.288 e. The van der Waals surface area contributed by atoms with Crippen molar-refractivity contribution >= 4 is 26.4 Å². The predicted octanol–water partition coefficient (Wildman–Crippen LogP) is 1.92. The monoisotopic (exact) mass is 234 g/mol. The minimum absolute atomic E-state index is 0.158. The van der Waals surface area contributed by atoms with Gasteiger partial charge in [0.1, 0.15) is 0 Å². The van der Waals surface area contributed by atoms with E-state index in [2.05, 4.69) is 18.4 Å². The van der Waals surface area contributed by atoms with E-state index in [9.17, 15) is 4.79 Å². The Morgan fingerprint density at radius 2 is 2.44 bits per heavy atom. The summed E-state index contributed by atoms with van der Waals surface area (Å²) in [6, 6.07) is 0. The van der Waals surface area contributed by atoms with Crippen LogP contribution in [0.3, 0.4) is 0 Å². The zero-order valence-electron chi connectivity index (χ0n) is 4.98. The number of allylic oxidation sites excluding steroid dienone is 1. The average Bonchev–Trinajstić information content (AvgIpc) is 1.80. The third kappa shape index (κ3) is 7.70. The summed E-state index contributed by atoms with van der Waals surface area (Å²) in [5, 5.41) is 0. The molecule has 0 aliphatic rings. The lowest BCUT2D eigenvalue weighted by Crippen LogP contribution is -1.80. The minimum atomic E-state index is 0.158. The molecule has 0 aromatic carbocycles. The van der Waals surface area contributed by atoms with Crippen LogP contribution in [-0.4, -0.2) is 3.79 Å². The van der Waals surface area contributed by atoms with Crippen LogP contribution >= 0.6 is 22.6 Å². The maximum absolute atomic E-state index is 10.3. The van der Waals surface area contributed by atoms with Gasteiger partial charge in [-0.2, -0.15) is 0 Å². The maximum Gasteiger partial charge on any atom is 0.193 e. The molecule has 0 N–H and O–H groups in total. The van der Waals surface area contributed by atoms with Crippen LogP contribution in [0.4, 0.5) is 0 Å². The molecule has 0 saturated heterocycles. The fraction of sp³-hybridized carbons (Fsp3) is 0.286. The van der Waals surface area contributed by atoms with Gasteiger partial charge in [0, 0.05) is 12.8 Å². The standard InChI is InChI=1S/C7H7IO/c1-2-3-4-5-6-7(8)9/h2H,1,5-6H2. The first-order valence-corrected chi connectivity index (χ1v) is 3.63. The molecule has 0 unspecified atom stereocenters. The van der Waals surface area contributed by atoms with Crippen molar-refractivity contribution in [1.82, 2.24) is 0 Å². The molecule has 0 atom stereocenters. The lowest BCUT2D eigenvalue weighted by Gasteiger charge is -1.80. The molecular weight excluding hydrogens is 227 g/mol. The number of rotatable bonds is 2. The predicted molar refractivity (Wildman–Crippen MR) is 46.2 cm³/mol. The smallest absolute Gasteiger partial charge is 0.193 e. The number of carbonyl (C=O) groups is 1. The van der Waals surface area contributed by atoms with Crippen molar-refractivity contribution < 1.29 is 4.79 Å². The molecular formula is C7H7IO. The molecule has 0 heterocycles. The van der Waals surface area contributed by atoms with Crippen molar-refractivity contribution in [2.75, 3.05) is 0 Å². The molecule has 0 rings (SSSR count). The SMILES string of the molecule is C=CC#CCCC(=O)I. The molecule has 2 heteroatoms. The molecule has 0 aromatic rings. The van der Waals surface area contributed by atoms with E-state index in [1.54, 1.807) is 22.6 Å². The minimum Gasteiger partial charge on any atom is -0.288 e. The van der Waals surface area contributed by atoms with E-state index in [1.165, 1.54) is 6.08 Å². The number of hydrogen-bond acceptors (Lipinski definition) is 1. The Kier molecular flexibility index (Phi) is 5.64. The highest BCUT2D eigenvalue weighted by molar-refractivity contribution is 14.1. The molecule has 0 aromatic heterocycles. The van der Waals surface area contributed by atoms with E-state index in [0.717, 1.165) is 0 Å². The summed E-state index contributed by atoms with van der Waals surface area (Å²) in [7, 11) is 0. The van der Waals surface area contributed by atoms with Gasteiger partial charge in [-0.25, -0.2) is 0 Å². The van der Waals surface area contributed by atoms with Gasteiger partial charge in [0.05, 0.1) is 0 Å². The van der Waals surface area contributed by atoms with Crippen LogP contribution in [-0.2, 0) is 4.79 Å². The van der Waals surface area contributed by atoms with Crippen molar-refractivity contribution in [2.24, 2.45) is 0 Å². The number of carbonyl (C=O) groups excluding carboxylic acids is 1. The Morgan fingerprint density at radius 1 is 1.78 bits per heavy atom.